The van der Waals surface area contributed by atoms with E-state index in [-0.39, 0.29) is 5.82 Å². The van der Waals surface area contributed by atoms with Gasteiger partial charge in [0, 0.05) is 37.1 Å². The summed E-state index contributed by atoms with van der Waals surface area (Å²) in [6.45, 7) is 11.2. The van der Waals surface area contributed by atoms with Gasteiger partial charge in [-0.2, -0.15) is 5.10 Å². The van der Waals surface area contributed by atoms with E-state index in [1.807, 2.05) is 36.1 Å². The van der Waals surface area contributed by atoms with Crippen molar-refractivity contribution in [1.82, 2.24) is 14.7 Å². The first kappa shape index (κ1) is 16.7. The number of benzene rings is 1. The highest BCUT2D eigenvalue weighted by molar-refractivity contribution is 5.62. The van der Waals surface area contributed by atoms with Gasteiger partial charge in [-0.05, 0) is 49.3 Å². The summed E-state index contributed by atoms with van der Waals surface area (Å²) in [5.41, 5.74) is 3.80. The molecule has 0 saturated carbocycles. The molecular weight excluding hydrogens is 301 g/mol. The number of aromatic nitrogens is 2. The Morgan fingerprint density at radius 3 is 2.67 bits per heavy atom. The Kier molecular flexibility index (Phi) is 5.03. The predicted octanol–water partition coefficient (Wildman–Crippen LogP) is 4.50. The van der Waals surface area contributed by atoms with Crippen molar-refractivity contribution < 1.29 is 4.39 Å². The van der Waals surface area contributed by atoms with E-state index < -0.39 is 0 Å². The maximum absolute atomic E-state index is 14.0. The van der Waals surface area contributed by atoms with Gasteiger partial charge >= 0.3 is 0 Å². The maximum Gasteiger partial charge on any atom is 0.127 e. The zero-order valence-corrected chi connectivity index (χ0v) is 14.6. The molecule has 1 aliphatic rings. The van der Waals surface area contributed by atoms with Crippen molar-refractivity contribution in [2.24, 2.45) is 5.92 Å². The summed E-state index contributed by atoms with van der Waals surface area (Å²) in [7, 11) is 0. The van der Waals surface area contributed by atoms with E-state index in [4.69, 9.17) is 0 Å². The fourth-order valence-electron chi connectivity index (χ4n) is 3.39. The van der Waals surface area contributed by atoms with Crippen molar-refractivity contribution in [2.75, 3.05) is 13.1 Å². The van der Waals surface area contributed by atoms with Crippen molar-refractivity contribution >= 4 is 0 Å². The van der Waals surface area contributed by atoms with Gasteiger partial charge in [-0.25, -0.2) is 4.39 Å². The van der Waals surface area contributed by atoms with Crippen molar-refractivity contribution in [3.63, 3.8) is 0 Å². The molecule has 1 saturated heterocycles. The Bertz CT molecular complexity index is 711. The summed E-state index contributed by atoms with van der Waals surface area (Å²) in [5.74, 6) is 0.516. The molecule has 24 heavy (non-hydrogen) atoms. The molecule has 0 N–H and O–H groups in total. The average molecular weight is 327 g/mol. The van der Waals surface area contributed by atoms with Gasteiger partial charge in [-0.15, -0.1) is 0 Å². The number of piperidine rings is 1. The van der Waals surface area contributed by atoms with Gasteiger partial charge in [0.1, 0.15) is 5.82 Å². The molecule has 3 rings (SSSR count). The molecule has 4 heteroatoms. The highest BCUT2D eigenvalue weighted by Crippen LogP contribution is 2.24. The summed E-state index contributed by atoms with van der Waals surface area (Å²) in [6.07, 6.45) is 6.92. The number of nitrogens with zero attached hydrogens (tertiary/aromatic N) is 3. The molecule has 0 radical (unpaired) electrons. The number of rotatable bonds is 5. The number of aryl methyl sites for hydroxylation is 1. The van der Waals surface area contributed by atoms with Crippen LogP contribution in [0.4, 0.5) is 4.39 Å². The molecule has 2 heterocycles. The lowest BCUT2D eigenvalue weighted by Gasteiger charge is -2.33. The minimum absolute atomic E-state index is 0.130. The van der Waals surface area contributed by atoms with E-state index in [2.05, 4.69) is 23.5 Å². The topological polar surface area (TPSA) is 21.1 Å². The fourth-order valence-corrected chi connectivity index (χ4v) is 3.39. The van der Waals surface area contributed by atoms with Gasteiger partial charge < -0.3 is 4.90 Å². The van der Waals surface area contributed by atoms with E-state index in [0.29, 0.717) is 12.3 Å². The van der Waals surface area contributed by atoms with E-state index in [1.54, 1.807) is 6.07 Å². The first-order valence-corrected chi connectivity index (χ1v) is 8.78. The minimum Gasteiger partial charge on any atom is -0.376 e. The third kappa shape index (κ3) is 3.69. The largest absolute Gasteiger partial charge is 0.376 e. The van der Waals surface area contributed by atoms with Crippen LogP contribution in [-0.2, 0) is 13.0 Å². The second-order valence-corrected chi connectivity index (χ2v) is 6.78. The third-order valence-electron chi connectivity index (χ3n) is 5.00. The molecule has 0 amide bonds. The van der Waals surface area contributed by atoms with Crippen molar-refractivity contribution in [3.8, 4) is 11.1 Å². The standard InChI is InChI=1S/C20H26FN3/c1-4-17-5-6-18(11-20(17)21)19-12-22-24(14-19)13-16-7-9-23(10-8-16)15(2)3/h5-6,11-12,14,16H,2,4,7-10,13H2,1,3H3. The molecule has 0 bridgehead atoms. The van der Waals surface area contributed by atoms with Crippen LogP contribution in [0.2, 0.25) is 0 Å². The first-order chi connectivity index (χ1) is 11.6. The summed E-state index contributed by atoms with van der Waals surface area (Å²) < 4.78 is 16.0. The Morgan fingerprint density at radius 1 is 1.29 bits per heavy atom. The number of halogens is 1. The van der Waals surface area contributed by atoms with Gasteiger partial charge in [-0.1, -0.05) is 25.6 Å². The average Bonchev–Trinajstić information content (AvgIpc) is 3.04. The molecule has 1 aromatic carbocycles. The van der Waals surface area contributed by atoms with Crippen molar-refractivity contribution in [3.05, 3.63) is 54.2 Å². The highest BCUT2D eigenvalue weighted by atomic mass is 19.1. The Morgan fingerprint density at radius 2 is 2.04 bits per heavy atom. The predicted molar refractivity (Wildman–Crippen MR) is 96.1 cm³/mol. The second kappa shape index (κ2) is 7.20. The molecule has 1 fully saturated rings. The molecule has 1 aromatic heterocycles. The van der Waals surface area contributed by atoms with Gasteiger partial charge in [0.25, 0.3) is 0 Å². The first-order valence-electron chi connectivity index (χ1n) is 8.78. The van der Waals surface area contributed by atoms with Gasteiger partial charge in [0.05, 0.1) is 6.20 Å². The van der Waals surface area contributed by atoms with Crippen LogP contribution in [0, 0.1) is 11.7 Å². The highest BCUT2D eigenvalue weighted by Gasteiger charge is 2.19. The minimum atomic E-state index is -0.130. The van der Waals surface area contributed by atoms with Crippen LogP contribution in [0.25, 0.3) is 11.1 Å². The third-order valence-corrected chi connectivity index (χ3v) is 5.00. The normalized spacial score (nSPS) is 15.7. The number of allylic oxidation sites excluding steroid dienone is 1. The lowest BCUT2D eigenvalue weighted by molar-refractivity contribution is 0.208. The summed E-state index contributed by atoms with van der Waals surface area (Å²) in [4.78, 5) is 2.35. The zero-order chi connectivity index (χ0) is 17.1. The number of hydrogen-bond acceptors (Lipinski definition) is 2. The SMILES string of the molecule is C=C(C)N1CCC(Cn2cc(-c3ccc(CC)c(F)c3)cn2)CC1. The van der Waals surface area contributed by atoms with Gasteiger partial charge in [-0.3, -0.25) is 4.68 Å². The fraction of sp³-hybridized carbons (Fsp3) is 0.450. The molecule has 0 spiro atoms. The van der Waals surface area contributed by atoms with Crippen LogP contribution >= 0.6 is 0 Å². The van der Waals surface area contributed by atoms with Gasteiger partial charge in [0.2, 0.25) is 0 Å². The molecule has 128 valence electrons. The van der Waals surface area contributed by atoms with E-state index in [1.165, 1.54) is 12.8 Å². The summed E-state index contributed by atoms with van der Waals surface area (Å²) in [6, 6.07) is 5.47. The lowest BCUT2D eigenvalue weighted by Crippen LogP contribution is -2.33. The smallest absolute Gasteiger partial charge is 0.127 e. The molecule has 1 aliphatic heterocycles. The second-order valence-electron chi connectivity index (χ2n) is 6.78. The summed E-state index contributed by atoms with van der Waals surface area (Å²) in [5, 5.41) is 4.48. The van der Waals surface area contributed by atoms with E-state index in [9.17, 15) is 4.39 Å². The molecule has 2 aromatic rings. The van der Waals surface area contributed by atoms with E-state index in [0.717, 1.165) is 42.0 Å². The maximum atomic E-state index is 14.0. The quantitative estimate of drug-likeness (QED) is 0.806. The van der Waals surface area contributed by atoms with Crippen molar-refractivity contribution in [2.45, 2.75) is 39.7 Å². The van der Waals surface area contributed by atoms with Crippen LogP contribution in [0.3, 0.4) is 0 Å². The monoisotopic (exact) mass is 327 g/mol. The Balaban J connectivity index is 1.64. The van der Waals surface area contributed by atoms with Crippen LogP contribution in [0.15, 0.2) is 42.9 Å². The van der Waals surface area contributed by atoms with Crippen molar-refractivity contribution in [1.29, 1.82) is 0 Å². The Hall–Kier alpha value is -2.10. The number of likely N-dealkylation sites (tertiary alicyclic amines) is 1. The molecule has 0 aliphatic carbocycles. The van der Waals surface area contributed by atoms with E-state index >= 15 is 0 Å². The molecule has 0 unspecified atom stereocenters. The molecule has 0 atom stereocenters. The van der Waals surface area contributed by atoms with Crippen LogP contribution in [-0.4, -0.2) is 27.8 Å². The lowest BCUT2D eigenvalue weighted by atomic mass is 9.96. The van der Waals surface area contributed by atoms with Crippen LogP contribution < -0.4 is 0 Å². The summed E-state index contributed by atoms with van der Waals surface area (Å²) >= 11 is 0. The van der Waals surface area contributed by atoms with Crippen LogP contribution in [0.1, 0.15) is 32.3 Å². The molecular formula is C20H26FN3. The number of hydrogen-bond donors (Lipinski definition) is 0. The zero-order valence-electron chi connectivity index (χ0n) is 14.6. The Labute approximate surface area is 143 Å². The van der Waals surface area contributed by atoms with Gasteiger partial charge in [0.15, 0.2) is 0 Å². The van der Waals surface area contributed by atoms with Crippen LogP contribution in [0.5, 0.6) is 0 Å². The molecule has 3 nitrogen and oxygen atoms in total.